The van der Waals surface area contributed by atoms with Crippen molar-refractivity contribution < 1.29 is 9.90 Å². The number of hydrogen-bond donors (Lipinski definition) is 1. The quantitative estimate of drug-likeness (QED) is 0.477. The van der Waals surface area contributed by atoms with Crippen LogP contribution in [0.15, 0.2) is 0 Å². The van der Waals surface area contributed by atoms with Gasteiger partial charge in [0.1, 0.15) is 6.10 Å². The first-order valence-corrected chi connectivity index (χ1v) is 3.06. The molecular formula is C6H11NO2. The molecule has 1 fully saturated rings. The van der Waals surface area contributed by atoms with Crippen molar-refractivity contribution in [3.63, 3.8) is 0 Å². The van der Waals surface area contributed by atoms with Crippen molar-refractivity contribution in [2.75, 3.05) is 13.6 Å². The highest BCUT2D eigenvalue weighted by Crippen LogP contribution is 2.14. The molecule has 1 aliphatic rings. The molecule has 0 aromatic carbocycles. The molecule has 1 rings (SSSR count). The van der Waals surface area contributed by atoms with Crippen LogP contribution in [0, 0.1) is 5.92 Å². The summed E-state index contributed by atoms with van der Waals surface area (Å²) in [6.45, 7) is 2.55. The van der Waals surface area contributed by atoms with Gasteiger partial charge in [-0.2, -0.15) is 0 Å². The summed E-state index contributed by atoms with van der Waals surface area (Å²) in [7, 11) is 1.70. The third-order valence-electron chi connectivity index (χ3n) is 1.73. The van der Waals surface area contributed by atoms with E-state index in [0.717, 1.165) is 0 Å². The van der Waals surface area contributed by atoms with Crippen LogP contribution >= 0.6 is 0 Å². The molecule has 2 atom stereocenters. The highest BCUT2D eigenvalue weighted by atomic mass is 16.3. The van der Waals surface area contributed by atoms with E-state index in [0.29, 0.717) is 6.54 Å². The van der Waals surface area contributed by atoms with Crippen LogP contribution in [0.3, 0.4) is 0 Å². The summed E-state index contributed by atoms with van der Waals surface area (Å²) in [6.07, 6.45) is -0.755. The summed E-state index contributed by atoms with van der Waals surface area (Å²) < 4.78 is 0. The molecule has 9 heavy (non-hydrogen) atoms. The first kappa shape index (κ1) is 6.55. The first-order chi connectivity index (χ1) is 4.13. The Kier molecular flexibility index (Phi) is 1.45. The van der Waals surface area contributed by atoms with Crippen LogP contribution < -0.4 is 0 Å². The van der Waals surface area contributed by atoms with Gasteiger partial charge >= 0.3 is 0 Å². The number of likely N-dealkylation sites (tertiary alicyclic amines) is 1. The molecule has 3 nitrogen and oxygen atoms in total. The second-order valence-electron chi connectivity index (χ2n) is 2.64. The van der Waals surface area contributed by atoms with Crippen LogP contribution in [0.4, 0.5) is 0 Å². The van der Waals surface area contributed by atoms with Crippen molar-refractivity contribution in [2.45, 2.75) is 13.0 Å². The number of carbonyl (C=O) groups is 1. The number of aliphatic hydroxyl groups excluding tert-OH is 1. The van der Waals surface area contributed by atoms with E-state index in [-0.39, 0.29) is 11.8 Å². The topological polar surface area (TPSA) is 40.5 Å². The Morgan fingerprint density at radius 3 is 2.44 bits per heavy atom. The van der Waals surface area contributed by atoms with E-state index in [1.165, 1.54) is 0 Å². The standard InChI is InChI=1S/C6H11NO2/c1-4-3-7(2)6(9)5(4)8/h4-5,8H,3H2,1-2H3/t4-,5+/m1/s1. The number of carbonyl (C=O) groups excluding carboxylic acids is 1. The molecule has 1 N–H and O–H groups in total. The molecule has 0 bridgehead atoms. The molecule has 0 aromatic heterocycles. The lowest BCUT2D eigenvalue weighted by atomic mass is 10.1. The largest absolute Gasteiger partial charge is 0.383 e. The number of likely N-dealkylation sites (N-methyl/N-ethyl adjacent to an activating group) is 1. The number of nitrogens with zero attached hydrogens (tertiary/aromatic N) is 1. The Morgan fingerprint density at radius 2 is 2.33 bits per heavy atom. The van der Waals surface area contributed by atoms with Gasteiger partial charge in [0, 0.05) is 19.5 Å². The van der Waals surface area contributed by atoms with Crippen LogP contribution in [-0.4, -0.2) is 35.6 Å². The van der Waals surface area contributed by atoms with Crippen LogP contribution in [0.5, 0.6) is 0 Å². The number of amides is 1. The summed E-state index contributed by atoms with van der Waals surface area (Å²) in [4.78, 5) is 12.3. The van der Waals surface area contributed by atoms with Gasteiger partial charge in [0.25, 0.3) is 5.91 Å². The van der Waals surface area contributed by atoms with E-state index in [1.54, 1.807) is 11.9 Å². The van der Waals surface area contributed by atoms with Gasteiger partial charge in [-0.3, -0.25) is 4.79 Å². The van der Waals surface area contributed by atoms with Gasteiger partial charge in [-0.15, -0.1) is 0 Å². The molecule has 3 heteroatoms. The molecule has 0 radical (unpaired) electrons. The third-order valence-corrected chi connectivity index (χ3v) is 1.73. The molecule has 1 saturated heterocycles. The zero-order chi connectivity index (χ0) is 7.02. The minimum absolute atomic E-state index is 0.0995. The third kappa shape index (κ3) is 0.920. The Bertz CT molecular complexity index is 135. The summed E-state index contributed by atoms with van der Waals surface area (Å²) in [5, 5.41) is 9.05. The van der Waals surface area contributed by atoms with Crippen molar-refractivity contribution in [3.8, 4) is 0 Å². The van der Waals surface area contributed by atoms with E-state index in [4.69, 9.17) is 5.11 Å². The van der Waals surface area contributed by atoms with Crippen molar-refractivity contribution >= 4 is 5.91 Å². The Hall–Kier alpha value is -0.570. The Balaban J connectivity index is 2.65. The van der Waals surface area contributed by atoms with Gasteiger partial charge in [-0.05, 0) is 0 Å². The van der Waals surface area contributed by atoms with Gasteiger partial charge in [0.15, 0.2) is 0 Å². The second kappa shape index (κ2) is 1.99. The predicted octanol–water partition coefficient (Wildman–Crippen LogP) is -0.545. The zero-order valence-corrected chi connectivity index (χ0v) is 5.66. The van der Waals surface area contributed by atoms with Gasteiger partial charge in [-0.25, -0.2) is 0 Å². The van der Waals surface area contributed by atoms with Gasteiger partial charge in [0.05, 0.1) is 0 Å². The van der Waals surface area contributed by atoms with Crippen molar-refractivity contribution in [3.05, 3.63) is 0 Å². The molecule has 0 spiro atoms. The molecule has 0 aliphatic carbocycles. The maximum atomic E-state index is 10.8. The SMILES string of the molecule is C[C@@H]1CN(C)C(=O)[C@H]1O. The van der Waals surface area contributed by atoms with Crippen LogP contribution in [0.2, 0.25) is 0 Å². The highest BCUT2D eigenvalue weighted by Gasteiger charge is 2.33. The molecule has 52 valence electrons. The minimum Gasteiger partial charge on any atom is -0.383 e. The molecule has 0 unspecified atom stereocenters. The molecule has 1 heterocycles. The lowest BCUT2D eigenvalue weighted by molar-refractivity contribution is -0.133. The van der Waals surface area contributed by atoms with Gasteiger partial charge in [0.2, 0.25) is 0 Å². The number of aliphatic hydroxyl groups is 1. The monoisotopic (exact) mass is 129 g/mol. The summed E-state index contributed by atoms with van der Waals surface area (Å²) >= 11 is 0. The fraction of sp³-hybridized carbons (Fsp3) is 0.833. The molecule has 0 saturated carbocycles. The fourth-order valence-electron chi connectivity index (χ4n) is 1.09. The summed E-state index contributed by atoms with van der Waals surface area (Å²) in [5.41, 5.74) is 0. The van der Waals surface area contributed by atoms with E-state index < -0.39 is 6.10 Å². The molecular weight excluding hydrogens is 118 g/mol. The maximum absolute atomic E-state index is 10.8. The number of hydrogen-bond acceptors (Lipinski definition) is 2. The Morgan fingerprint density at radius 1 is 1.78 bits per heavy atom. The lowest BCUT2D eigenvalue weighted by Crippen LogP contribution is -2.25. The van der Waals surface area contributed by atoms with E-state index in [1.807, 2.05) is 6.92 Å². The van der Waals surface area contributed by atoms with Crippen LogP contribution in [-0.2, 0) is 4.79 Å². The fourth-order valence-corrected chi connectivity index (χ4v) is 1.09. The lowest BCUT2D eigenvalue weighted by Gasteiger charge is -2.04. The summed E-state index contributed by atoms with van der Waals surface area (Å²) in [5.74, 6) is -0.0509. The average molecular weight is 129 g/mol. The van der Waals surface area contributed by atoms with Crippen molar-refractivity contribution in [1.29, 1.82) is 0 Å². The summed E-state index contributed by atoms with van der Waals surface area (Å²) in [6, 6.07) is 0. The van der Waals surface area contributed by atoms with E-state index >= 15 is 0 Å². The normalized spacial score (nSPS) is 35.9. The second-order valence-corrected chi connectivity index (χ2v) is 2.64. The van der Waals surface area contributed by atoms with Crippen LogP contribution in [0.25, 0.3) is 0 Å². The van der Waals surface area contributed by atoms with Crippen LogP contribution in [0.1, 0.15) is 6.92 Å². The maximum Gasteiger partial charge on any atom is 0.251 e. The molecule has 1 aliphatic heterocycles. The average Bonchev–Trinajstić information content (AvgIpc) is 1.98. The van der Waals surface area contributed by atoms with Crippen molar-refractivity contribution in [2.24, 2.45) is 5.92 Å². The van der Waals surface area contributed by atoms with Crippen molar-refractivity contribution in [1.82, 2.24) is 4.90 Å². The highest BCUT2D eigenvalue weighted by molar-refractivity contribution is 5.82. The molecule has 0 aromatic rings. The number of rotatable bonds is 0. The Labute approximate surface area is 54.3 Å². The minimum atomic E-state index is -0.755. The zero-order valence-electron chi connectivity index (χ0n) is 5.66. The van der Waals surface area contributed by atoms with E-state index in [2.05, 4.69) is 0 Å². The molecule has 1 amide bonds. The van der Waals surface area contributed by atoms with Gasteiger partial charge in [-0.1, -0.05) is 6.92 Å². The first-order valence-electron chi connectivity index (χ1n) is 3.06. The predicted molar refractivity (Wildman–Crippen MR) is 32.8 cm³/mol. The van der Waals surface area contributed by atoms with Gasteiger partial charge < -0.3 is 10.0 Å². The van der Waals surface area contributed by atoms with E-state index in [9.17, 15) is 4.79 Å². The smallest absolute Gasteiger partial charge is 0.251 e.